The van der Waals surface area contributed by atoms with Crippen molar-refractivity contribution in [2.45, 2.75) is 31.4 Å². The molecule has 0 spiro atoms. The molecule has 0 aromatic carbocycles. The SMILES string of the molecule is CC1CCC(S(=O)[O-])C1.[Na+]. The summed E-state index contributed by atoms with van der Waals surface area (Å²) < 4.78 is 20.7. The molecule has 1 rings (SSSR count). The molecule has 0 saturated heterocycles. The molecule has 0 aromatic heterocycles. The third kappa shape index (κ3) is 3.01. The summed E-state index contributed by atoms with van der Waals surface area (Å²) in [5.74, 6) is 0.618. The van der Waals surface area contributed by atoms with Gasteiger partial charge in [0.05, 0.1) is 0 Å². The van der Waals surface area contributed by atoms with Crippen LogP contribution < -0.4 is 29.6 Å². The molecule has 0 aliphatic heterocycles. The first-order chi connectivity index (χ1) is 4.20. The van der Waals surface area contributed by atoms with Crippen LogP contribution in [0.15, 0.2) is 0 Å². The Hall–Kier alpha value is 1.11. The van der Waals surface area contributed by atoms with E-state index in [2.05, 4.69) is 6.92 Å². The Labute approximate surface area is 86.3 Å². The second-order valence-corrected chi connectivity index (χ2v) is 3.99. The van der Waals surface area contributed by atoms with E-state index < -0.39 is 11.1 Å². The average Bonchev–Trinajstić information content (AvgIpc) is 2.14. The summed E-state index contributed by atoms with van der Waals surface area (Å²) in [4.78, 5) is 0. The Balaban J connectivity index is 0.000000810. The van der Waals surface area contributed by atoms with Gasteiger partial charge in [-0.15, -0.1) is 0 Å². The zero-order chi connectivity index (χ0) is 6.85. The van der Waals surface area contributed by atoms with Gasteiger partial charge in [-0.1, -0.05) is 18.0 Å². The zero-order valence-corrected chi connectivity index (χ0v) is 9.32. The van der Waals surface area contributed by atoms with E-state index in [1.165, 1.54) is 0 Å². The molecule has 0 radical (unpaired) electrons. The van der Waals surface area contributed by atoms with E-state index in [1.807, 2.05) is 0 Å². The first-order valence-electron chi connectivity index (χ1n) is 3.28. The van der Waals surface area contributed by atoms with Crippen molar-refractivity contribution in [2.24, 2.45) is 5.92 Å². The summed E-state index contributed by atoms with van der Waals surface area (Å²) in [6.07, 6.45) is 2.83. The maximum absolute atomic E-state index is 10.3. The normalized spacial score (nSPS) is 35.0. The molecule has 4 heteroatoms. The Kier molecular flexibility index (Phi) is 5.42. The van der Waals surface area contributed by atoms with Crippen LogP contribution in [0.2, 0.25) is 0 Å². The van der Waals surface area contributed by atoms with E-state index in [1.54, 1.807) is 0 Å². The predicted molar refractivity (Wildman–Crippen MR) is 35.7 cm³/mol. The summed E-state index contributed by atoms with van der Waals surface area (Å²) in [7, 11) is 0. The van der Waals surface area contributed by atoms with E-state index in [0.717, 1.165) is 19.3 Å². The molecule has 0 heterocycles. The zero-order valence-electron chi connectivity index (χ0n) is 6.50. The van der Waals surface area contributed by atoms with Gasteiger partial charge in [0, 0.05) is 5.25 Å². The van der Waals surface area contributed by atoms with Gasteiger partial charge in [-0.2, -0.15) is 0 Å². The predicted octanol–water partition coefficient (Wildman–Crippen LogP) is -1.94. The first kappa shape index (κ1) is 11.1. The third-order valence-electron chi connectivity index (χ3n) is 1.92. The van der Waals surface area contributed by atoms with Gasteiger partial charge in [0.2, 0.25) is 0 Å². The molecule has 3 unspecified atom stereocenters. The number of hydrogen-bond acceptors (Lipinski definition) is 2. The molecule has 1 aliphatic rings. The van der Waals surface area contributed by atoms with Crippen LogP contribution in [0.3, 0.4) is 0 Å². The fourth-order valence-corrected chi connectivity index (χ4v) is 2.14. The largest absolute Gasteiger partial charge is 1.00 e. The van der Waals surface area contributed by atoms with Crippen LogP contribution in [0.1, 0.15) is 26.2 Å². The summed E-state index contributed by atoms with van der Waals surface area (Å²) in [6.45, 7) is 2.10. The molecule has 3 atom stereocenters. The quantitative estimate of drug-likeness (QED) is 0.339. The van der Waals surface area contributed by atoms with Crippen molar-refractivity contribution in [1.29, 1.82) is 0 Å². The van der Waals surface area contributed by atoms with Crippen molar-refractivity contribution >= 4 is 11.1 Å². The average molecular weight is 170 g/mol. The fraction of sp³-hybridized carbons (Fsp3) is 1.00. The minimum absolute atomic E-state index is 0. The molecule has 0 aromatic rings. The standard InChI is InChI=1S/C6H12O2S.Na/c1-5-2-3-6(4-5)9(7)8;/h5-6H,2-4H2,1H3,(H,7,8);/q;+1/p-1. The van der Waals surface area contributed by atoms with Crippen molar-refractivity contribution in [3.63, 3.8) is 0 Å². The molecule has 2 nitrogen and oxygen atoms in total. The molecule has 0 N–H and O–H groups in total. The van der Waals surface area contributed by atoms with Crippen molar-refractivity contribution in [2.75, 3.05) is 0 Å². The molecule has 1 aliphatic carbocycles. The van der Waals surface area contributed by atoms with Crippen molar-refractivity contribution in [3.05, 3.63) is 0 Å². The van der Waals surface area contributed by atoms with E-state index in [0.29, 0.717) is 5.92 Å². The first-order valence-corrected chi connectivity index (χ1v) is 4.42. The number of rotatable bonds is 1. The van der Waals surface area contributed by atoms with Gasteiger partial charge in [0.1, 0.15) is 0 Å². The minimum Gasteiger partial charge on any atom is -0.772 e. The van der Waals surface area contributed by atoms with Crippen LogP contribution in [-0.4, -0.2) is 14.0 Å². The van der Waals surface area contributed by atoms with E-state index in [9.17, 15) is 8.76 Å². The van der Waals surface area contributed by atoms with Gasteiger partial charge in [-0.3, -0.25) is 4.21 Å². The van der Waals surface area contributed by atoms with Gasteiger partial charge >= 0.3 is 29.6 Å². The molecular formula is C6H11NaO2S. The molecule has 10 heavy (non-hydrogen) atoms. The maximum atomic E-state index is 10.3. The van der Waals surface area contributed by atoms with Gasteiger partial charge in [0.15, 0.2) is 0 Å². The Bertz CT molecular complexity index is 129. The van der Waals surface area contributed by atoms with Gasteiger partial charge < -0.3 is 4.55 Å². The summed E-state index contributed by atoms with van der Waals surface area (Å²) in [5.41, 5.74) is 0. The van der Waals surface area contributed by atoms with Gasteiger partial charge in [-0.05, 0) is 25.2 Å². The van der Waals surface area contributed by atoms with Crippen LogP contribution in [0.4, 0.5) is 0 Å². The van der Waals surface area contributed by atoms with Crippen molar-refractivity contribution in [1.82, 2.24) is 0 Å². The van der Waals surface area contributed by atoms with E-state index in [-0.39, 0.29) is 34.8 Å². The van der Waals surface area contributed by atoms with Gasteiger partial charge in [0.25, 0.3) is 0 Å². The van der Waals surface area contributed by atoms with Crippen LogP contribution in [0, 0.1) is 5.92 Å². The molecule has 54 valence electrons. The van der Waals surface area contributed by atoms with Gasteiger partial charge in [-0.25, -0.2) is 0 Å². The molecule has 1 saturated carbocycles. The summed E-state index contributed by atoms with van der Waals surface area (Å²) >= 11 is -1.81. The minimum atomic E-state index is -1.81. The van der Waals surface area contributed by atoms with Crippen molar-refractivity contribution < 1.29 is 38.3 Å². The Morgan fingerprint density at radius 3 is 2.30 bits per heavy atom. The van der Waals surface area contributed by atoms with Crippen LogP contribution in [0.25, 0.3) is 0 Å². The summed E-state index contributed by atoms with van der Waals surface area (Å²) in [6, 6.07) is 0. The molecular weight excluding hydrogens is 159 g/mol. The maximum Gasteiger partial charge on any atom is 1.00 e. The Morgan fingerprint density at radius 1 is 1.50 bits per heavy atom. The Morgan fingerprint density at radius 2 is 2.10 bits per heavy atom. The second-order valence-electron chi connectivity index (χ2n) is 2.80. The van der Waals surface area contributed by atoms with Crippen LogP contribution >= 0.6 is 0 Å². The molecule has 1 fully saturated rings. The monoisotopic (exact) mass is 170 g/mol. The van der Waals surface area contributed by atoms with Crippen LogP contribution in [0.5, 0.6) is 0 Å². The fourth-order valence-electron chi connectivity index (χ4n) is 1.33. The van der Waals surface area contributed by atoms with E-state index in [4.69, 9.17) is 0 Å². The third-order valence-corrected chi connectivity index (χ3v) is 2.89. The number of hydrogen-bond donors (Lipinski definition) is 0. The summed E-state index contributed by atoms with van der Waals surface area (Å²) in [5, 5.41) is -0.0417. The molecule has 0 amide bonds. The van der Waals surface area contributed by atoms with Crippen molar-refractivity contribution in [3.8, 4) is 0 Å². The topological polar surface area (TPSA) is 40.1 Å². The van der Waals surface area contributed by atoms with Crippen LogP contribution in [-0.2, 0) is 11.1 Å². The smallest absolute Gasteiger partial charge is 0.772 e. The second kappa shape index (κ2) is 4.88. The van der Waals surface area contributed by atoms with E-state index >= 15 is 0 Å². The molecule has 0 bridgehead atoms.